The number of halogens is 2. The van der Waals surface area contributed by atoms with Gasteiger partial charge >= 0.3 is 5.97 Å². The van der Waals surface area contributed by atoms with Crippen LogP contribution < -0.4 is 0 Å². The zero-order chi connectivity index (χ0) is 12.6. The van der Waals surface area contributed by atoms with Crippen molar-refractivity contribution < 1.29 is 14.3 Å². The first kappa shape index (κ1) is 12.4. The molecule has 1 aliphatic rings. The van der Waals surface area contributed by atoms with E-state index in [1.165, 1.54) is 6.07 Å². The Morgan fingerprint density at radius 3 is 2.59 bits per heavy atom. The van der Waals surface area contributed by atoms with Crippen molar-refractivity contribution in [2.24, 2.45) is 0 Å². The molecule has 4 heteroatoms. The highest BCUT2D eigenvalue weighted by Gasteiger charge is 2.46. The second kappa shape index (κ2) is 4.30. The fourth-order valence-electron chi connectivity index (χ4n) is 2.34. The Morgan fingerprint density at radius 1 is 1.53 bits per heavy atom. The molecular formula is C13H14ClFO2. The number of benzene rings is 1. The Bertz CT molecular complexity index is 467. The average molecular weight is 257 g/mol. The summed E-state index contributed by atoms with van der Waals surface area (Å²) in [6.45, 7) is 1.83. The molecule has 0 saturated heterocycles. The van der Waals surface area contributed by atoms with Gasteiger partial charge in [-0.25, -0.2) is 4.39 Å². The van der Waals surface area contributed by atoms with E-state index in [-0.39, 0.29) is 5.02 Å². The molecule has 0 aromatic heterocycles. The molecule has 92 valence electrons. The number of hydrogen-bond acceptors (Lipinski definition) is 1. The SMILES string of the molecule is CCc1cc(C2(C(=O)O)CCC2)cc(Cl)c1F. The molecule has 0 heterocycles. The topological polar surface area (TPSA) is 37.3 Å². The van der Waals surface area contributed by atoms with Gasteiger partial charge in [0.15, 0.2) is 0 Å². The molecule has 1 aromatic rings. The van der Waals surface area contributed by atoms with Crippen molar-refractivity contribution in [1.82, 2.24) is 0 Å². The predicted octanol–water partition coefficient (Wildman–Crippen LogP) is 3.55. The van der Waals surface area contributed by atoms with Gasteiger partial charge in [-0.15, -0.1) is 0 Å². The number of aliphatic carboxylic acids is 1. The van der Waals surface area contributed by atoms with Gasteiger partial charge in [-0.2, -0.15) is 0 Å². The van der Waals surface area contributed by atoms with E-state index < -0.39 is 17.2 Å². The Kier molecular flexibility index (Phi) is 3.13. The van der Waals surface area contributed by atoms with Crippen molar-refractivity contribution in [3.63, 3.8) is 0 Å². The lowest BCUT2D eigenvalue weighted by Gasteiger charge is -2.38. The van der Waals surface area contributed by atoms with Crippen molar-refractivity contribution in [2.75, 3.05) is 0 Å². The number of carbonyl (C=O) groups is 1. The summed E-state index contributed by atoms with van der Waals surface area (Å²) in [5.74, 6) is -1.27. The van der Waals surface area contributed by atoms with E-state index in [4.69, 9.17) is 11.6 Å². The lowest BCUT2D eigenvalue weighted by Crippen LogP contribution is -2.42. The molecule has 1 N–H and O–H groups in total. The van der Waals surface area contributed by atoms with Gasteiger partial charge < -0.3 is 5.11 Å². The fourth-order valence-corrected chi connectivity index (χ4v) is 2.57. The van der Waals surface area contributed by atoms with Crippen LogP contribution in [0.3, 0.4) is 0 Å². The molecule has 0 spiro atoms. The highest BCUT2D eigenvalue weighted by Crippen LogP contribution is 2.45. The number of hydrogen-bond donors (Lipinski definition) is 1. The number of aryl methyl sites for hydroxylation is 1. The van der Waals surface area contributed by atoms with Gasteiger partial charge in [-0.1, -0.05) is 31.0 Å². The smallest absolute Gasteiger partial charge is 0.314 e. The Morgan fingerprint density at radius 2 is 2.18 bits per heavy atom. The van der Waals surface area contributed by atoms with E-state index in [1.54, 1.807) is 6.07 Å². The summed E-state index contributed by atoms with van der Waals surface area (Å²) in [5.41, 5.74) is 0.279. The average Bonchev–Trinajstić information content (AvgIpc) is 2.20. The molecular weight excluding hydrogens is 243 g/mol. The predicted molar refractivity (Wildman–Crippen MR) is 64.0 cm³/mol. The largest absolute Gasteiger partial charge is 0.481 e. The molecule has 1 aliphatic carbocycles. The van der Waals surface area contributed by atoms with Crippen LogP contribution in [0, 0.1) is 5.82 Å². The molecule has 0 bridgehead atoms. The number of carboxylic acid groups (broad SMARTS) is 1. The third-order valence-electron chi connectivity index (χ3n) is 3.65. The summed E-state index contributed by atoms with van der Waals surface area (Å²) in [6, 6.07) is 3.11. The van der Waals surface area contributed by atoms with Crippen molar-refractivity contribution in [3.05, 3.63) is 34.1 Å². The van der Waals surface area contributed by atoms with Gasteiger partial charge in [0.2, 0.25) is 0 Å². The second-order valence-corrected chi connectivity index (χ2v) is 4.93. The quantitative estimate of drug-likeness (QED) is 0.898. The van der Waals surface area contributed by atoms with Gasteiger partial charge in [0.1, 0.15) is 5.82 Å². The summed E-state index contributed by atoms with van der Waals surface area (Å²) < 4.78 is 13.6. The number of rotatable bonds is 3. The normalized spacial score (nSPS) is 17.6. The molecule has 2 nitrogen and oxygen atoms in total. The summed E-state index contributed by atoms with van der Waals surface area (Å²) in [7, 11) is 0. The molecule has 1 fully saturated rings. The molecule has 17 heavy (non-hydrogen) atoms. The van der Waals surface area contributed by atoms with Crippen LogP contribution in [0.4, 0.5) is 4.39 Å². The van der Waals surface area contributed by atoms with Gasteiger partial charge in [0.25, 0.3) is 0 Å². The third kappa shape index (κ3) is 1.82. The van der Waals surface area contributed by atoms with E-state index in [9.17, 15) is 14.3 Å². The first-order valence-electron chi connectivity index (χ1n) is 5.73. The van der Waals surface area contributed by atoms with Crippen molar-refractivity contribution in [1.29, 1.82) is 0 Å². The van der Waals surface area contributed by atoms with Crippen LogP contribution in [-0.4, -0.2) is 11.1 Å². The monoisotopic (exact) mass is 256 g/mol. The first-order chi connectivity index (χ1) is 8.01. The van der Waals surface area contributed by atoms with Crippen molar-refractivity contribution >= 4 is 17.6 Å². The van der Waals surface area contributed by atoms with Crippen LogP contribution in [0.15, 0.2) is 12.1 Å². The highest BCUT2D eigenvalue weighted by atomic mass is 35.5. The van der Waals surface area contributed by atoms with Crippen LogP contribution in [-0.2, 0) is 16.6 Å². The summed E-state index contributed by atoms with van der Waals surface area (Å²) in [4.78, 5) is 11.4. The molecule has 0 aliphatic heterocycles. The minimum atomic E-state index is -0.846. The zero-order valence-electron chi connectivity index (χ0n) is 9.59. The molecule has 2 rings (SSSR count). The van der Waals surface area contributed by atoms with Crippen molar-refractivity contribution in [2.45, 2.75) is 38.0 Å². The standard InChI is InChI=1S/C13H14ClFO2/c1-2-8-6-9(7-10(14)11(8)15)13(12(16)17)4-3-5-13/h6-7H,2-5H2,1H3,(H,16,17). The van der Waals surface area contributed by atoms with E-state index >= 15 is 0 Å². The van der Waals surface area contributed by atoms with Gasteiger partial charge in [-0.05, 0) is 36.5 Å². The maximum absolute atomic E-state index is 13.6. The Hall–Kier alpha value is -1.09. The fraction of sp³-hybridized carbons (Fsp3) is 0.462. The Labute approximate surface area is 104 Å². The first-order valence-corrected chi connectivity index (χ1v) is 6.11. The van der Waals surface area contributed by atoms with E-state index in [0.717, 1.165) is 6.42 Å². The molecule has 0 amide bonds. The van der Waals surface area contributed by atoms with Gasteiger partial charge in [-0.3, -0.25) is 4.79 Å². The summed E-state index contributed by atoms with van der Waals surface area (Å²) in [5, 5.41) is 9.34. The lowest BCUT2D eigenvalue weighted by molar-refractivity contribution is -0.147. The lowest BCUT2D eigenvalue weighted by atomic mass is 9.64. The van der Waals surface area contributed by atoms with Crippen LogP contribution in [0.1, 0.15) is 37.3 Å². The van der Waals surface area contributed by atoms with E-state index in [0.29, 0.717) is 30.4 Å². The Balaban J connectivity index is 2.52. The second-order valence-electron chi connectivity index (χ2n) is 4.53. The molecule has 0 radical (unpaired) electrons. The van der Waals surface area contributed by atoms with E-state index in [1.807, 2.05) is 6.92 Å². The van der Waals surface area contributed by atoms with Gasteiger partial charge in [0.05, 0.1) is 10.4 Å². The van der Waals surface area contributed by atoms with Crippen LogP contribution in [0.25, 0.3) is 0 Å². The van der Waals surface area contributed by atoms with Gasteiger partial charge in [0, 0.05) is 0 Å². The third-order valence-corrected chi connectivity index (χ3v) is 3.93. The van der Waals surface area contributed by atoms with Crippen LogP contribution in [0.2, 0.25) is 5.02 Å². The molecule has 1 saturated carbocycles. The summed E-state index contributed by atoms with van der Waals surface area (Å²) in [6.07, 6.45) is 2.61. The molecule has 0 unspecified atom stereocenters. The van der Waals surface area contributed by atoms with Crippen LogP contribution in [0.5, 0.6) is 0 Å². The highest BCUT2D eigenvalue weighted by molar-refractivity contribution is 6.30. The minimum absolute atomic E-state index is 0.0203. The number of carboxylic acids is 1. The summed E-state index contributed by atoms with van der Waals surface area (Å²) >= 11 is 5.82. The molecule has 0 atom stereocenters. The molecule has 1 aromatic carbocycles. The zero-order valence-corrected chi connectivity index (χ0v) is 10.4. The van der Waals surface area contributed by atoms with Crippen LogP contribution >= 0.6 is 11.6 Å². The minimum Gasteiger partial charge on any atom is -0.481 e. The van der Waals surface area contributed by atoms with Crippen molar-refractivity contribution in [3.8, 4) is 0 Å². The van der Waals surface area contributed by atoms with E-state index in [2.05, 4.69) is 0 Å². The maximum Gasteiger partial charge on any atom is 0.314 e. The maximum atomic E-state index is 13.6.